The van der Waals surface area contributed by atoms with E-state index in [1.54, 1.807) is 11.8 Å². The summed E-state index contributed by atoms with van der Waals surface area (Å²) in [7, 11) is 1.29. The summed E-state index contributed by atoms with van der Waals surface area (Å²) in [5.74, 6) is -1.81. The number of alkyl halides is 2. The van der Waals surface area contributed by atoms with Crippen molar-refractivity contribution < 1.29 is 27.8 Å². The van der Waals surface area contributed by atoms with Crippen LogP contribution in [0.25, 0.3) is 0 Å². The van der Waals surface area contributed by atoms with Gasteiger partial charge in [0.2, 0.25) is 11.8 Å². The van der Waals surface area contributed by atoms with Gasteiger partial charge < -0.3 is 24.6 Å². The molecule has 2 saturated heterocycles. The first-order valence-corrected chi connectivity index (χ1v) is 13.4. The van der Waals surface area contributed by atoms with E-state index in [1.807, 2.05) is 0 Å². The second kappa shape index (κ2) is 11.7. The largest absolute Gasteiger partial charge is 0.477 e. The molecule has 0 aromatic carbocycles. The average molecular weight is 562 g/mol. The third-order valence-electron chi connectivity index (χ3n) is 7.59. The predicted molar refractivity (Wildman–Crippen MR) is 141 cm³/mol. The number of urea groups is 1. The summed E-state index contributed by atoms with van der Waals surface area (Å²) in [4.78, 5) is 44.5. The summed E-state index contributed by atoms with van der Waals surface area (Å²) in [5.41, 5.74) is 0. The smallest absolute Gasteiger partial charge is 0.413 e. The summed E-state index contributed by atoms with van der Waals surface area (Å²) >= 11 is 0. The number of nitrogens with zero attached hydrogens (tertiary/aromatic N) is 6. The first-order valence-electron chi connectivity index (χ1n) is 13.4. The Morgan fingerprint density at radius 3 is 2.62 bits per heavy atom. The quantitative estimate of drug-likeness (QED) is 0.461. The van der Waals surface area contributed by atoms with Gasteiger partial charge in [0.25, 0.3) is 5.92 Å². The summed E-state index contributed by atoms with van der Waals surface area (Å²) in [5, 5.41) is 8.48. The molecule has 1 saturated carbocycles. The van der Waals surface area contributed by atoms with Crippen molar-refractivity contribution in [1.29, 1.82) is 0 Å². The van der Waals surface area contributed by atoms with Crippen molar-refractivity contribution in [3.05, 3.63) is 24.7 Å². The van der Waals surface area contributed by atoms with Crippen LogP contribution in [-0.2, 0) is 4.74 Å². The molecule has 3 N–H and O–H groups in total. The van der Waals surface area contributed by atoms with Crippen molar-refractivity contribution in [1.82, 2.24) is 30.2 Å². The Hall–Kier alpha value is -3.88. The minimum atomic E-state index is -3.15. The zero-order valence-corrected chi connectivity index (χ0v) is 22.3. The molecule has 3 unspecified atom stereocenters. The summed E-state index contributed by atoms with van der Waals surface area (Å²) in [6, 6.07) is -0.733. The molecule has 0 radical (unpaired) electrons. The van der Waals surface area contributed by atoms with E-state index in [2.05, 4.69) is 35.9 Å². The van der Waals surface area contributed by atoms with Crippen LogP contribution in [0.15, 0.2) is 24.7 Å². The van der Waals surface area contributed by atoms with Crippen molar-refractivity contribution in [2.24, 2.45) is 11.8 Å². The van der Waals surface area contributed by atoms with Crippen LogP contribution in [0.5, 0.6) is 5.88 Å². The first-order chi connectivity index (χ1) is 19.2. The maximum atomic E-state index is 15.0. The molecular formula is C25H33F2N9O4. The van der Waals surface area contributed by atoms with Crippen LogP contribution in [0.2, 0.25) is 0 Å². The topological polar surface area (TPSA) is 147 Å². The molecule has 2 aromatic rings. The fraction of sp³-hybridized carbons (Fsp3) is 0.600. The van der Waals surface area contributed by atoms with Gasteiger partial charge in [-0.05, 0) is 25.8 Å². The highest BCUT2D eigenvalue weighted by Gasteiger charge is 2.48. The van der Waals surface area contributed by atoms with E-state index in [1.165, 1.54) is 31.7 Å². The molecule has 2 aliphatic heterocycles. The van der Waals surface area contributed by atoms with E-state index in [0.717, 1.165) is 30.8 Å². The zero-order valence-electron chi connectivity index (χ0n) is 22.3. The SMILES string of the molecule is CCOc1cnc(NC(=O)N(C)C2CN(c3nccc(NC(=O)OC4C5CCC4CNC5)n3)CCC2(F)F)cn1. The highest BCUT2D eigenvalue weighted by atomic mass is 19.3. The molecule has 4 heterocycles. The average Bonchev–Trinajstić information content (AvgIpc) is 3.13. The Labute approximate surface area is 230 Å². The van der Waals surface area contributed by atoms with E-state index in [4.69, 9.17) is 9.47 Å². The number of hydrogen-bond acceptors (Lipinski definition) is 10. The number of carbonyl (C=O) groups is 2. The number of aromatic nitrogens is 4. The highest BCUT2D eigenvalue weighted by molar-refractivity contribution is 5.88. The zero-order chi connectivity index (χ0) is 28.3. The first kappa shape index (κ1) is 27.7. The molecular weight excluding hydrogens is 528 g/mol. The lowest BCUT2D eigenvalue weighted by Crippen LogP contribution is -2.60. The molecule has 2 aromatic heterocycles. The molecule has 3 atom stereocenters. The molecule has 0 spiro atoms. The minimum absolute atomic E-state index is 0.0321. The number of hydrogen-bond donors (Lipinski definition) is 3. The highest BCUT2D eigenvalue weighted by Crippen LogP contribution is 2.36. The van der Waals surface area contributed by atoms with E-state index in [-0.39, 0.29) is 42.7 Å². The Bertz CT molecular complexity index is 1190. The predicted octanol–water partition coefficient (Wildman–Crippen LogP) is 2.59. The van der Waals surface area contributed by atoms with E-state index in [9.17, 15) is 18.4 Å². The van der Waals surface area contributed by atoms with Gasteiger partial charge in [0.1, 0.15) is 18.0 Å². The van der Waals surface area contributed by atoms with Crippen LogP contribution in [0.4, 0.5) is 36.0 Å². The van der Waals surface area contributed by atoms with Crippen molar-refractivity contribution in [3.8, 4) is 5.88 Å². The van der Waals surface area contributed by atoms with Gasteiger partial charge in [-0.2, -0.15) is 4.98 Å². The van der Waals surface area contributed by atoms with E-state index in [0.29, 0.717) is 18.4 Å². The van der Waals surface area contributed by atoms with Gasteiger partial charge >= 0.3 is 12.1 Å². The molecule has 216 valence electrons. The maximum Gasteiger partial charge on any atom is 0.413 e. The Balaban J connectivity index is 1.21. The van der Waals surface area contributed by atoms with Crippen molar-refractivity contribution in [2.75, 3.05) is 55.4 Å². The molecule has 5 rings (SSSR count). The second-order valence-electron chi connectivity index (χ2n) is 10.2. The van der Waals surface area contributed by atoms with Gasteiger partial charge in [0.05, 0.1) is 19.0 Å². The molecule has 3 amide bonds. The number of amides is 3. The minimum Gasteiger partial charge on any atom is -0.477 e. The standard InChI is InChI=1S/C25H33F2N9O4/c1-3-39-20-13-30-19(12-31-20)33-23(37)35(2)17-14-36(9-7-25(17,26)27)22-29-8-6-18(32-22)34-24(38)40-21-15-4-5-16(21)11-28-10-15/h6,8,12-13,15-17,21,28H,3-5,7,9-11,14H2,1-2H3,(H,30,33,37)(H,29,32,34,38). The number of fused-ring (bicyclic) bond motifs is 2. The van der Waals surface area contributed by atoms with Gasteiger partial charge in [0.15, 0.2) is 5.82 Å². The molecule has 3 fully saturated rings. The number of carbonyl (C=O) groups excluding carboxylic acids is 2. The Kier molecular flexibility index (Phi) is 8.09. The van der Waals surface area contributed by atoms with Crippen LogP contribution in [0.1, 0.15) is 26.2 Å². The monoisotopic (exact) mass is 561 g/mol. The lowest BCUT2D eigenvalue weighted by molar-refractivity contribution is -0.0760. The molecule has 40 heavy (non-hydrogen) atoms. The lowest BCUT2D eigenvalue weighted by Gasteiger charge is -2.42. The van der Waals surface area contributed by atoms with Crippen LogP contribution in [-0.4, -0.2) is 94.9 Å². The molecule has 2 bridgehead atoms. The van der Waals surface area contributed by atoms with E-state index < -0.39 is 30.5 Å². The van der Waals surface area contributed by atoms with Gasteiger partial charge in [-0.1, -0.05) is 0 Å². The third-order valence-corrected chi connectivity index (χ3v) is 7.59. The van der Waals surface area contributed by atoms with E-state index >= 15 is 0 Å². The van der Waals surface area contributed by atoms with Gasteiger partial charge in [-0.3, -0.25) is 10.6 Å². The van der Waals surface area contributed by atoms with Gasteiger partial charge in [0, 0.05) is 57.7 Å². The number of rotatable bonds is 7. The summed E-state index contributed by atoms with van der Waals surface area (Å²) in [6.07, 6.45) is 4.85. The lowest BCUT2D eigenvalue weighted by atomic mass is 9.97. The molecule has 13 nitrogen and oxygen atoms in total. The van der Waals surface area contributed by atoms with Crippen molar-refractivity contribution in [2.45, 2.75) is 44.3 Å². The van der Waals surface area contributed by atoms with Crippen LogP contribution < -0.4 is 25.6 Å². The maximum absolute atomic E-state index is 15.0. The number of ether oxygens (including phenoxy) is 2. The fourth-order valence-electron chi connectivity index (χ4n) is 5.47. The molecule has 3 aliphatic rings. The summed E-state index contributed by atoms with van der Waals surface area (Å²) in [6.45, 7) is 3.60. The van der Waals surface area contributed by atoms with Crippen LogP contribution in [0.3, 0.4) is 0 Å². The van der Waals surface area contributed by atoms with Gasteiger partial charge in [-0.25, -0.2) is 33.3 Å². The molecule has 15 heteroatoms. The van der Waals surface area contributed by atoms with Crippen LogP contribution in [0, 0.1) is 11.8 Å². The normalized spacial score (nSPS) is 25.1. The Morgan fingerprint density at radius 2 is 1.93 bits per heavy atom. The van der Waals surface area contributed by atoms with Crippen LogP contribution >= 0.6 is 0 Å². The Morgan fingerprint density at radius 1 is 1.15 bits per heavy atom. The second-order valence-corrected chi connectivity index (χ2v) is 10.2. The number of nitrogens with one attached hydrogen (secondary N) is 3. The molecule has 1 aliphatic carbocycles. The third kappa shape index (κ3) is 6.13. The number of likely N-dealkylation sites (N-methyl/N-ethyl adjacent to an activating group) is 1. The van der Waals surface area contributed by atoms with Crippen molar-refractivity contribution >= 4 is 29.7 Å². The number of anilines is 3. The number of piperidine rings is 2. The van der Waals surface area contributed by atoms with Gasteiger partial charge in [-0.15, -0.1) is 0 Å². The number of halogens is 2. The summed E-state index contributed by atoms with van der Waals surface area (Å²) < 4.78 is 40.9. The van der Waals surface area contributed by atoms with Crippen molar-refractivity contribution in [3.63, 3.8) is 0 Å². The fourth-order valence-corrected chi connectivity index (χ4v) is 5.47.